The third-order valence-electron chi connectivity index (χ3n) is 2.90. The Bertz CT molecular complexity index is 755. The number of aryl methyl sites for hydroxylation is 1. The van der Waals surface area contributed by atoms with Crippen LogP contribution in [0.15, 0.2) is 33.2 Å². The van der Waals surface area contributed by atoms with Crippen LogP contribution in [0.1, 0.15) is 25.1 Å². The van der Waals surface area contributed by atoms with Gasteiger partial charge in [-0.05, 0) is 18.6 Å². The lowest BCUT2D eigenvalue weighted by atomic mass is 10.2. The van der Waals surface area contributed by atoms with Crippen molar-refractivity contribution in [2.45, 2.75) is 26.3 Å². The number of hydrogen-bond donors (Lipinski definition) is 1. The van der Waals surface area contributed by atoms with E-state index in [0.717, 1.165) is 12.8 Å². The van der Waals surface area contributed by atoms with Crippen molar-refractivity contribution in [1.82, 2.24) is 20.3 Å². The average Bonchev–Trinajstić information content (AvgIpc) is 3.15. The van der Waals surface area contributed by atoms with E-state index in [9.17, 15) is 4.39 Å². The maximum atomic E-state index is 13.6. The second-order valence-corrected chi connectivity index (χ2v) is 4.60. The third kappa shape index (κ3) is 3.11. The highest BCUT2D eigenvalue weighted by molar-refractivity contribution is 5.54. The van der Waals surface area contributed by atoms with Gasteiger partial charge in [0.2, 0.25) is 17.6 Å². The van der Waals surface area contributed by atoms with Gasteiger partial charge in [-0.2, -0.15) is 4.98 Å². The Hall–Kier alpha value is -2.77. The zero-order valence-corrected chi connectivity index (χ0v) is 11.9. The van der Waals surface area contributed by atoms with Gasteiger partial charge in [0.1, 0.15) is 5.82 Å². The fourth-order valence-corrected chi connectivity index (χ4v) is 1.87. The molecule has 1 aromatic carbocycles. The van der Waals surface area contributed by atoms with Crippen LogP contribution in [0.3, 0.4) is 0 Å². The molecule has 0 unspecified atom stereocenters. The first kappa shape index (κ1) is 14.2. The molecule has 0 saturated heterocycles. The van der Waals surface area contributed by atoms with Crippen LogP contribution in [0.4, 0.5) is 10.4 Å². The first-order valence-corrected chi connectivity index (χ1v) is 6.90. The monoisotopic (exact) mass is 303 g/mol. The molecule has 0 aliphatic heterocycles. The van der Waals surface area contributed by atoms with Gasteiger partial charge in [0.15, 0.2) is 0 Å². The van der Waals surface area contributed by atoms with E-state index in [4.69, 9.17) is 8.94 Å². The van der Waals surface area contributed by atoms with Crippen LogP contribution in [0.5, 0.6) is 0 Å². The van der Waals surface area contributed by atoms with Crippen molar-refractivity contribution in [1.29, 1.82) is 0 Å². The van der Waals surface area contributed by atoms with Crippen LogP contribution in [0.2, 0.25) is 0 Å². The molecule has 0 bridgehead atoms. The fraction of sp³-hybridized carbons (Fsp3) is 0.286. The largest absolute Gasteiger partial charge is 0.408 e. The van der Waals surface area contributed by atoms with Gasteiger partial charge in [0.05, 0.1) is 12.1 Å². The summed E-state index contributed by atoms with van der Waals surface area (Å²) in [5.74, 6) is 0.673. The highest BCUT2D eigenvalue weighted by Gasteiger charge is 2.13. The van der Waals surface area contributed by atoms with Gasteiger partial charge in [0, 0.05) is 6.42 Å². The van der Waals surface area contributed by atoms with E-state index < -0.39 is 5.82 Å². The van der Waals surface area contributed by atoms with E-state index in [-0.39, 0.29) is 18.4 Å². The Balaban J connectivity index is 1.65. The van der Waals surface area contributed by atoms with Crippen LogP contribution in [-0.4, -0.2) is 20.3 Å². The Morgan fingerprint density at radius 1 is 1.18 bits per heavy atom. The second-order valence-electron chi connectivity index (χ2n) is 4.60. The molecule has 1 N–H and O–H groups in total. The third-order valence-corrected chi connectivity index (χ3v) is 2.90. The number of rotatable bonds is 6. The summed E-state index contributed by atoms with van der Waals surface area (Å²) in [4.78, 5) is 4.13. The van der Waals surface area contributed by atoms with Crippen molar-refractivity contribution >= 4 is 6.01 Å². The molecule has 3 aromatic rings. The maximum Gasteiger partial charge on any atom is 0.315 e. The Kier molecular flexibility index (Phi) is 4.08. The lowest BCUT2D eigenvalue weighted by Gasteiger charge is -1.95. The number of aromatic nitrogens is 4. The zero-order valence-electron chi connectivity index (χ0n) is 11.9. The second kappa shape index (κ2) is 6.33. The van der Waals surface area contributed by atoms with Gasteiger partial charge in [-0.15, -0.1) is 5.10 Å². The number of hydrogen-bond acceptors (Lipinski definition) is 7. The molecule has 0 amide bonds. The van der Waals surface area contributed by atoms with E-state index >= 15 is 0 Å². The quantitative estimate of drug-likeness (QED) is 0.748. The number of anilines is 1. The van der Waals surface area contributed by atoms with Crippen molar-refractivity contribution < 1.29 is 13.3 Å². The summed E-state index contributed by atoms with van der Waals surface area (Å²) in [6, 6.07) is 6.53. The molecule has 3 rings (SSSR count). The molecule has 0 aliphatic carbocycles. The summed E-state index contributed by atoms with van der Waals surface area (Å²) in [6.45, 7) is 2.25. The Morgan fingerprint density at radius 2 is 2.05 bits per heavy atom. The van der Waals surface area contributed by atoms with E-state index in [0.29, 0.717) is 17.3 Å². The molecule has 2 heterocycles. The number of nitrogens with zero attached hydrogens (tertiary/aromatic N) is 4. The molecule has 0 saturated carbocycles. The topological polar surface area (TPSA) is 89.9 Å². The zero-order chi connectivity index (χ0) is 15.4. The van der Waals surface area contributed by atoms with Gasteiger partial charge < -0.3 is 14.3 Å². The summed E-state index contributed by atoms with van der Waals surface area (Å²) in [6.07, 6.45) is 1.66. The minimum Gasteiger partial charge on any atom is -0.408 e. The van der Waals surface area contributed by atoms with Crippen LogP contribution in [-0.2, 0) is 13.0 Å². The minimum absolute atomic E-state index is 0.201. The summed E-state index contributed by atoms with van der Waals surface area (Å²) in [5.41, 5.74) is 0.292. The maximum absolute atomic E-state index is 13.6. The first-order chi connectivity index (χ1) is 10.8. The normalized spacial score (nSPS) is 10.8. The Labute approximate surface area is 125 Å². The van der Waals surface area contributed by atoms with Gasteiger partial charge in [-0.3, -0.25) is 0 Å². The van der Waals surface area contributed by atoms with E-state index in [1.165, 1.54) is 6.07 Å². The van der Waals surface area contributed by atoms with Crippen molar-refractivity contribution in [2.75, 3.05) is 5.32 Å². The molecule has 0 radical (unpaired) electrons. The lowest BCUT2D eigenvalue weighted by molar-refractivity contribution is 0.382. The van der Waals surface area contributed by atoms with Crippen molar-refractivity contribution in [3.8, 4) is 11.4 Å². The number of nitrogens with one attached hydrogen (secondary N) is 1. The van der Waals surface area contributed by atoms with Crippen molar-refractivity contribution in [3.63, 3.8) is 0 Å². The average molecular weight is 303 g/mol. The van der Waals surface area contributed by atoms with Crippen LogP contribution in [0.25, 0.3) is 11.4 Å². The molecule has 0 spiro atoms. The van der Waals surface area contributed by atoms with Crippen LogP contribution in [0, 0.1) is 5.82 Å². The van der Waals surface area contributed by atoms with E-state index in [2.05, 4.69) is 25.7 Å². The van der Waals surface area contributed by atoms with Crippen molar-refractivity contribution in [3.05, 3.63) is 41.9 Å². The molecule has 0 aliphatic rings. The van der Waals surface area contributed by atoms with Gasteiger partial charge in [-0.25, -0.2) is 4.39 Å². The molecular weight excluding hydrogens is 289 g/mol. The standard InChI is InChI=1S/C14H14FN5O2/c1-2-5-11-18-19-14(21-11)16-8-12-17-13(20-22-12)9-6-3-4-7-10(9)15/h3-4,6-7H,2,5,8H2,1H3,(H,16,19). The van der Waals surface area contributed by atoms with Gasteiger partial charge in [0.25, 0.3) is 0 Å². The molecular formula is C14H14FN5O2. The molecule has 7 nitrogen and oxygen atoms in total. The predicted octanol–water partition coefficient (Wildman–Crippen LogP) is 2.82. The summed E-state index contributed by atoms with van der Waals surface area (Å²) in [7, 11) is 0. The summed E-state index contributed by atoms with van der Waals surface area (Å²) < 4.78 is 24.1. The Morgan fingerprint density at radius 3 is 2.86 bits per heavy atom. The fourth-order valence-electron chi connectivity index (χ4n) is 1.87. The molecule has 0 atom stereocenters. The molecule has 2 aromatic heterocycles. The summed E-state index contributed by atoms with van der Waals surface area (Å²) in [5, 5.41) is 14.4. The van der Waals surface area contributed by atoms with E-state index in [1.54, 1.807) is 18.2 Å². The summed E-state index contributed by atoms with van der Waals surface area (Å²) >= 11 is 0. The van der Waals surface area contributed by atoms with Gasteiger partial charge >= 0.3 is 6.01 Å². The minimum atomic E-state index is -0.399. The molecule has 22 heavy (non-hydrogen) atoms. The first-order valence-electron chi connectivity index (χ1n) is 6.90. The number of benzene rings is 1. The lowest BCUT2D eigenvalue weighted by Crippen LogP contribution is -2.00. The molecule has 0 fully saturated rings. The van der Waals surface area contributed by atoms with Crippen molar-refractivity contribution in [2.24, 2.45) is 0 Å². The smallest absolute Gasteiger partial charge is 0.315 e. The number of halogens is 1. The van der Waals surface area contributed by atoms with Crippen LogP contribution < -0.4 is 5.32 Å². The predicted molar refractivity (Wildman–Crippen MR) is 75.3 cm³/mol. The highest BCUT2D eigenvalue weighted by atomic mass is 19.1. The molecule has 114 valence electrons. The van der Waals surface area contributed by atoms with Crippen LogP contribution >= 0.6 is 0 Å². The SMILES string of the molecule is CCCc1nnc(NCc2nc(-c3ccccc3F)no2)o1. The highest BCUT2D eigenvalue weighted by Crippen LogP contribution is 2.19. The van der Waals surface area contributed by atoms with E-state index in [1.807, 2.05) is 6.92 Å². The van der Waals surface area contributed by atoms with Gasteiger partial charge in [-0.1, -0.05) is 29.3 Å². The molecule has 8 heteroatoms.